The number of hydrogen-bond donors (Lipinski definition) is 0. The van der Waals surface area contributed by atoms with Crippen LogP contribution in [0.4, 0.5) is 0 Å². The number of ketones is 2. The standard InChI is InChI=1S/C24H34O4S5/c1-5-19(25)11-9-13-29-17-21(30-14-10-12-20(26)6-2)22(18-33-24(28)8-4)31-15-16-32-23(27)7-3/h5-8,21-22H,1-4,9-18H2. The molecular formula is C24H34O4S5. The lowest BCUT2D eigenvalue weighted by atomic mass is 10.2. The van der Waals surface area contributed by atoms with Crippen molar-refractivity contribution < 1.29 is 19.2 Å². The molecule has 33 heavy (non-hydrogen) atoms. The lowest BCUT2D eigenvalue weighted by Gasteiger charge is -2.26. The monoisotopic (exact) mass is 546 g/mol. The quantitative estimate of drug-likeness (QED) is 0.122. The summed E-state index contributed by atoms with van der Waals surface area (Å²) in [5.74, 6) is 4.88. The van der Waals surface area contributed by atoms with Gasteiger partial charge in [0.05, 0.1) is 0 Å². The number of rotatable bonds is 22. The summed E-state index contributed by atoms with van der Waals surface area (Å²) in [5.41, 5.74) is 0. The van der Waals surface area contributed by atoms with Crippen LogP contribution in [0.25, 0.3) is 0 Å². The highest BCUT2D eigenvalue weighted by atomic mass is 32.2. The number of hydrogen-bond acceptors (Lipinski definition) is 9. The summed E-state index contributed by atoms with van der Waals surface area (Å²) < 4.78 is 0. The highest BCUT2D eigenvalue weighted by Gasteiger charge is 2.24. The minimum atomic E-state index is -0.0484. The Bertz CT molecular complexity index is 678. The lowest BCUT2D eigenvalue weighted by molar-refractivity contribution is -0.115. The maximum Gasteiger partial charge on any atom is 0.211 e. The van der Waals surface area contributed by atoms with E-state index in [9.17, 15) is 19.2 Å². The molecule has 0 bridgehead atoms. The third-order valence-electron chi connectivity index (χ3n) is 4.15. The summed E-state index contributed by atoms with van der Waals surface area (Å²) in [7, 11) is 0. The van der Waals surface area contributed by atoms with E-state index in [1.165, 1.54) is 47.8 Å². The first kappa shape index (κ1) is 32.4. The van der Waals surface area contributed by atoms with Crippen LogP contribution < -0.4 is 0 Å². The highest BCUT2D eigenvalue weighted by Crippen LogP contribution is 2.32. The molecule has 2 atom stereocenters. The van der Waals surface area contributed by atoms with Crippen molar-refractivity contribution in [2.24, 2.45) is 0 Å². The molecule has 184 valence electrons. The first-order valence-electron chi connectivity index (χ1n) is 10.6. The number of carbonyl (C=O) groups excluding carboxylic acids is 4. The van der Waals surface area contributed by atoms with E-state index in [0.29, 0.717) is 24.3 Å². The molecule has 0 amide bonds. The van der Waals surface area contributed by atoms with E-state index in [4.69, 9.17) is 0 Å². The minimum absolute atomic E-state index is 0.0363. The first-order valence-corrected chi connectivity index (χ1v) is 15.8. The van der Waals surface area contributed by atoms with E-state index < -0.39 is 0 Å². The SMILES string of the molecule is C=CC(=O)CCCSCC(SCCCC(=O)C=C)C(CSC(=O)C=C)SCCSC(=O)C=C. The van der Waals surface area contributed by atoms with Gasteiger partial charge in [0.1, 0.15) is 0 Å². The van der Waals surface area contributed by atoms with Gasteiger partial charge in [-0.05, 0) is 48.7 Å². The Morgan fingerprint density at radius 3 is 1.70 bits per heavy atom. The van der Waals surface area contributed by atoms with Gasteiger partial charge in [-0.25, -0.2) is 0 Å². The van der Waals surface area contributed by atoms with Crippen LogP contribution in [-0.4, -0.2) is 66.8 Å². The summed E-state index contributed by atoms with van der Waals surface area (Å²) >= 11 is 7.93. The van der Waals surface area contributed by atoms with Gasteiger partial charge in [-0.2, -0.15) is 35.3 Å². The van der Waals surface area contributed by atoms with Gasteiger partial charge < -0.3 is 0 Å². The molecule has 0 heterocycles. The van der Waals surface area contributed by atoms with E-state index in [2.05, 4.69) is 26.3 Å². The predicted octanol–water partition coefficient (Wildman–Crippen LogP) is 5.89. The molecule has 0 aliphatic carbocycles. The molecule has 2 unspecified atom stereocenters. The van der Waals surface area contributed by atoms with E-state index >= 15 is 0 Å². The van der Waals surface area contributed by atoms with E-state index in [1.807, 2.05) is 23.5 Å². The van der Waals surface area contributed by atoms with Crippen molar-refractivity contribution in [3.8, 4) is 0 Å². The van der Waals surface area contributed by atoms with Crippen LogP contribution in [-0.2, 0) is 19.2 Å². The molecule has 0 saturated heterocycles. The molecule has 0 aliphatic heterocycles. The van der Waals surface area contributed by atoms with Gasteiger partial charge in [0.25, 0.3) is 0 Å². The van der Waals surface area contributed by atoms with Crippen molar-refractivity contribution in [1.82, 2.24) is 0 Å². The van der Waals surface area contributed by atoms with E-state index in [-0.39, 0.29) is 32.3 Å². The zero-order valence-corrected chi connectivity index (χ0v) is 23.1. The number of allylic oxidation sites excluding steroid dienone is 2. The van der Waals surface area contributed by atoms with Crippen LogP contribution in [0.5, 0.6) is 0 Å². The normalized spacial score (nSPS) is 12.4. The zero-order chi connectivity index (χ0) is 24.9. The van der Waals surface area contributed by atoms with Crippen molar-refractivity contribution in [1.29, 1.82) is 0 Å². The van der Waals surface area contributed by atoms with Gasteiger partial charge in [-0.3, -0.25) is 19.2 Å². The highest BCUT2D eigenvalue weighted by molar-refractivity contribution is 8.16. The summed E-state index contributed by atoms with van der Waals surface area (Å²) in [6.07, 6.45) is 7.97. The Labute approximate surface area is 220 Å². The third kappa shape index (κ3) is 18.4. The van der Waals surface area contributed by atoms with Gasteiger partial charge >= 0.3 is 0 Å². The molecule has 0 N–H and O–H groups in total. The first-order chi connectivity index (χ1) is 15.9. The molecule has 0 spiro atoms. The Morgan fingerprint density at radius 1 is 0.606 bits per heavy atom. The van der Waals surface area contributed by atoms with Crippen molar-refractivity contribution >= 4 is 80.6 Å². The van der Waals surface area contributed by atoms with Crippen LogP contribution in [0.3, 0.4) is 0 Å². The lowest BCUT2D eigenvalue weighted by Crippen LogP contribution is -2.27. The van der Waals surface area contributed by atoms with Crippen LogP contribution >= 0.6 is 58.8 Å². The summed E-state index contributed by atoms with van der Waals surface area (Å²) in [4.78, 5) is 46.3. The fraction of sp³-hybridized carbons (Fsp3) is 0.500. The van der Waals surface area contributed by atoms with E-state index in [1.54, 1.807) is 11.8 Å². The van der Waals surface area contributed by atoms with E-state index in [0.717, 1.165) is 35.9 Å². The number of carbonyl (C=O) groups is 4. The number of thioether (sulfide) groups is 5. The second-order valence-corrected chi connectivity index (χ2v) is 12.6. The smallest absolute Gasteiger partial charge is 0.211 e. The van der Waals surface area contributed by atoms with Crippen LogP contribution in [0.2, 0.25) is 0 Å². The maximum atomic E-state index is 11.8. The van der Waals surface area contributed by atoms with Gasteiger partial charge in [-0.15, -0.1) is 0 Å². The topological polar surface area (TPSA) is 68.3 Å². The van der Waals surface area contributed by atoms with Crippen molar-refractivity contribution in [2.75, 3.05) is 34.5 Å². The molecule has 0 aromatic carbocycles. The average molecular weight is 547 g/mol. The second kappa shape index (κ2) is 21.9. The molecule has 0 aromatic rings. The average Bonchev–Trinajstić information content (AvgIpc) is 2.83. The molecule has 0 rings (SSSR count). The van der Waals surface area contributed by atoms with Crippen molar-refractivity contribution in [3.05, 3.63) is 50.6 Å². The van der Waals surface area contributed by atoms with Crippen LogP contribution in [0, 0.1) is 0 Å². The fourth-order valence-corrected chi connectivity index (χ4v) is 8.59. The Balaban J connectivity index is 4.99. The Morgan fingerprint density at radius 2 is 1.12 bits per heavy atom. The molecule has 9 heteroatoms. The largest absolute Gasteiger partial charge is 0.295 e. The molecule has 4 nitrogen and oxygen atoms in total. The summed E-state index contributed by atoms with van der Waals surface area (Å²) in [6, 6.07) is 0. The third-order valence-corrected chi connectivity index (χ3v) is 10.8. The molecule has 0 aromatic heterocycles. The van der Waals surface area contributed by atoms with Gasteiger partial charge in [0.2, 0.25) is 10.2 Å². The van der Waals surface area contributed by atoms with Crippen molar-refractivity contribution in [3.63, 3.8) is 0 Å². The van der Waals surface area contributed by atoms with Crippen molar-refractivity contribution in [2.45, 2.75) is 36.2 Å². The summed E-state index contributed by atoms with van der Waals surface area (Å²) in [5, 5.41) is 0.401. The minimum Gasteiger partial charge on any atom is -0.295 e. The second-order valence-electron chi connectivity index (χ2n) is 6.65. The van der Waals surface area contributed by atoms with Crippen LogP contribution in [0.15, 0.2) is 50.6 Å². The molecular weight excluding hydrogens is 513 g/mol. The Kier molecular flexibility index (Phi) is 21.5. The molecule has 0 radical (unpaired) electrons. The van der Waals surface area contributed by atoms with Crippen LogP contribution in [0.1, 0.15) is 25.7 Å². The van der Waals surface area contributed by atoms with Gasteiger partial charge in [0, 0.05) is 46.4 Å². The van der Waals surface area contributed by atoms with Gasteiger partial charge in [0.15, 0.2) is 11.6 Å². The molecule has 0 fully saturated rings. The molecule has 0 aliphatic rings. The predicted molar refractivity (Wildman–Crippen MR) is 154 cm³/mol. The Hall–Kier alpha value is -0.610. The maximum absolute atomic E-state index is 11.8. The zero-order valence-electron chi connectivity index (χ0n) is 19.0. The molecule has 0 saturated carbocycles. The summed E-state index contributed by atoms with van der Waals surface area (Å²) in [6.45, 7) is 14.1. The fourth-order valence-electron chi connectivity index (χ4n) is 2.38. The van der Waals surface area contributed by atoms with Gasteiger partial charge in [-0.1, -0.05) is 49.8 Å².